The largest absolute Gasteiger partial charge is 0.351 e. The van der Waals surface area contributed by atoms with E-state index in [0.717, 1.165) is 49.3 Å². The number of hydrogen-bond donors (Lipinski definition) is 1. The first-order chi connectivity index (χ1) is 19.5. The summed E-state index contributed by atoms with van der Waals surface area (Å²) < 4.78 is 0. The van der Waals surface area contributed by atoms with Crippen LogP contribution in [0.3, 0.4) is 0 Å². The average Bonchev–Trinajstić information content (AvgIpc) is 3.48. The molecule has 206 valence electrons. The fourth-order valence-electron chi connectivity index (χ4n) is 6.13. The number of nitrogens with zero attached hydrogens (tertiary/aromatic N) is 5. The number of benzene rings is 2. The molecule has 0 aliphatic carbocycles. The van der Waals surface area contributed by atoms with E-state index >= 15 is 0 Å². The normalized spacial score (nSPS) is 19.3. The van der Waals surface area contributed by atoms with Crippen LogP contribution in [0.4, 0.5) is 11.8 Å². The van der Waals surface area contributed by atoms with Gasteiger partial charge in [-0.3, -0.25) is 9.59 Å². The summed E-state index contributed by atoms with van der Waals surface area (Å²) in [7, 11) is 0. The first-order valence-electron chi connectivity index (χ1n) is 14.2. The number of rotatable bonds is 5. The van der Waals surface area contributed by atoms with E-state index in [0.29, 0.717) is 25.6 Å². The number of fused-ring (bicyclic) bond motifs is 1. The summed E-state index contributed by atoms with van der Waals surface area (Å²) in [6, 6.07) is 18.4. The van der Waals surface area contributed by atoms with Crippen molar-refractivity contribution in [3.63, 3.8) is 0 Å². The lowest BCUT2D eigenvalue weighted by Crippen LogP contribution is -2.43. The fourth-order valence-corrected chi connectivity index (χ4v) is 6.13. The molecule has 0 spiro atoms. The van der Waals surface area contributed by atoms with Gasteiger partial charge in [0.1, 0.15) is 5.82 Å². The van der Waals surface area contributed by atoms with Gasteiger partial charge in [-0.1, -0.05) is 42.5 Å². The zero-order valence-electron chi connectivity index (χ0n) is 23.2. The van der Waals surface area contributed by atoms with Crippen LogP contribution in [0.15, 0.2) is 60.8 Å². The molecule has 6 rings (SSSR count). The number of carbonyl (C=O) groups is 2. The molecular formula is C32H36N6O2. The van der Waals surface area contributed by atoms with Crippen molar-refractivity contribution in [1.29, 1.82) is 0 Å². The number of piperidine rings is 1. The Balaban J connectivity index is 1.21. The van der Waals surface area contributed by atoms with E-state index in [-0.39, 0.29) is 23.9 Å². The highest BCUT2D eigenvalue weighted by molar-refractivity contribution is 5.94. The molecule has 1 aromatic heterocycles. The van der Waals surface area contributed by atoms with Gasteiger partial charge in [0.05, 0.1) is 6.04 Å². The second-order valence-electron chi connectivity index (χ2n) is 11.1. The smallest absolute Gasteiger partial charge is 0.253 e. The van der Waals surface area contributed by atoms with E-state index < -0.39 is 0 Å². The number of amides is 2. The minimum atomic E-state index is 0.0899. The Morgan fingerprint density at radius 3 is 2.38 bits per heavy atom. The molecular weight excluding hydrogens is 500 g/mol. The highest BCUT2D eigenvalue weighted by Crippen LogP contribution is 2.36. The quantitative estimate of drug-likeness (QED) is 0.518. The second-order valence-corrected chi connectivity index (χ2v) is 11.1. The zero-order valence-corrected chi connectivity index (χ0v) is 23.2. The van der Waals surface area contributed by atoms with Crippen LogP contribution in [-0.2, 0) is 4.79 Å². The van der Waals surface area contributed by atoms with Crippen molar-refractivity contribution in [3.05, 3.63) is 83.0 Å². The Morgan fingerprint density at radius 1 is 0.925 bits per heavy atom. The molecule has 2 saturated heterocycles. The molecule has 1 atom stereocenters. The fraction of sp³-hybridized carbons (Fsp3) is 0.375. The van der Waals surface area contributed by atoms with Crippen LogP contribution in [0, 0.1) is 6.92 Å². The zero-order chi connectivity index (χ0) is 27.6. The van der Waals surface area contributed by atoms with Gasteiger partial charge in [0.25, 0.3) is 5.91 Å². The van der Waals surface area contributed by atoms with Crippen molar-refractivity contribution in [1.82, 2.24) is 19.8 Å². The average molecular weight is 537 g/mol. The summed E-state index contributed by atoms with van der Waals surface area (Å²) in [5.41, 5.74) is 5.45. The van der Waals surface area contributed by atoms with Crippen LogP contribution in [-0.4, -0.2) is 76.4 Å². The number of aryl methyl sites for hydroxylation is 1. The molecule has 4 heterocycles. The number of nitrogens with one attached hydrogen (secondary N) is 1. The van der Waals surface area contributed by atoms with Gasteiger partial charge in [-0.25, -0.2) is 4.98 Å². The molecule has 0 unspecified atom stereocenters. The molecule has 2 fully saturated rings. The molecule has 1 N–H and O–H groups in total. The van der Waals surface area contributed by atoms with Gasteiger partial charge in [0, 0.05) is 63.0 Å². The van der Waals surface area contributed by atoms with Gasteiger partial charge in [0.15, 0.2) is 0 Å². The van der Waals surface area contributed by atoms with E-state index in [1.54, 1.807) is 6.92 Å². The van der Waals surface area contributed by atoms with Crippen molar-refractivity contribution in [2.24, 2.45) is 0 Å². The molecule has 3 aliphatic rings. The van der Waals surface area contributed by atoms with E-state index in [4.69, 9.17) is 9.97 Å². The summed E-state index contributed by atoms with van der Waals surface area (Å²) in [6.07, 6.45) is 6.73. The summed E-state index contributed by atoms with van der Waals surface area (Å²) in [6.45, 7) is 7.41. The van der Waals surface area contributed by atoms with E-state index in [1.165, 1.54) is 16.7 Å². The van der Waals surface area contributed by atoms with Gasteiger partial charge in [-0.2, -0.15) is 4.98 Å². The van der Waals surface area contributed by atoms with Crippen LogP contribution < -0.4 is 10.2 Å². The first kappa shape index (κ1) is 26.0. The Labute approximate surface area is 235 Å². The van der Waals surface area contributed by atoms with Crippen LogP contribution in [0.1, 0.15) is 53.2 Å². The summed E-state index contributed by atoms with van der Waals surface area (Å²) in [5, 5.41) is 3.55. The van der Waals surface area contributed by atoms with Crippen molar-refractivity contribution in [2.75, 3.05) is 42.9 Å². The molecule has 0 bridgehead atoms. The third-order valence-corrected chi connectivity index (χ3v) is 8.42. The van der Waals surface area contributed by atoms with Crippen molar-refractivity contribution in [2.45, 2.75) is 45.2 Å². The lowest BCUT2D eigenvalue weighted by atomic mass is 9.95. The minimum Gasteiger partial charge on any atom is -0.351 e. The maximum absolute atomic E-state index is 12.8. The van der Waals surface area contributed by atoms with E-state index in [9.17, 15) is 9.59 Å². The summed E-state index contributed by atoms with van der Waals surface area (Å²) in [4.78, 5) is 40.9. The summed E-state index contributed by atoms with van der Waals surface area (Å²) in [5.74, 6) is 1.75. The molecule has 0 saturated carbocycles. The van der Waals surface area contributed by atoms with Gasteiger partial charge in [0.2, 0.25) is 11.9 Å². The number of likely N-dealkylation sites (tertiary alicyclic amines) is 2. The van der Waals surface area contributed by atoms with Crippen LogP contribution >= 0.6 is 0 Å². The first-order valence-corrected chi connectivity index (χ1v) is 14.2. The molecule has 3 aliphatic heterocycles. The molecule has 2 amide bonds. The Morgan fingerprint density at radius 2 is 1.65 bits per heavy atom. The van der Waals surface area contributed by atoms with Gasteiger partial charge in [-0.15, -0.1) is 0 Å². The second kappa shape index (κ2) is 11.1. The Bertz CT molecular complexity index is 1430. The predicted molar refractivity (Wildman–Crippen MR) is 158 cm³/mol. The highest BCUT2D eigenvalue weighted by Gasteiger charge is 2.34. The molecule has 0 radical (unpaired) electrons. The van der Waals surface area contributed by atoms with Crippen LogP contribution in [0.5, 0.6) is 0 Å². The predicted octanol–water partition coefficient (Wildman–Crippen LogP) is 4.48. The van der Waals surface area contributed by atoms with E-state index in [2.05, 4.69) is 47.5 Å². The van der Waals surface area contributed by atoms with Crippen molar-refractivity contribution >= 4 is 35.2 Å². The van der Waals surface area contributed by atoms with Crippen molar-refractivity contribution in [3.8, 4) is 0 Å². The Kier molecular flexibility index (Phi) is 7.24. The maximum Gasteiger partial charge on any atom is 0.253 e. The SMILES string of the molecule is CC(=O)N1CC[C@H](N2CC(c3ccccc3C)=Cc3cnc(NC4CCN(C(=O)c5ccccc5)CC4)nc32)C1. The standard InChI is InChI=1S/C32H36N6O2/c1-22-8-6-7-11-29(22)26-18-25-19-33-32(35-30(25)38(20-26)28-14-17-37(21-28)23(2)39)34-27-12-15-36(16-13-27)31(40)24-9-4-3-5-10-24/h3-11,18-19,27-28H,12-17,20-21H2,1-2H3,(H,33,34,35)/t28-/m0/s1. The van der Waals surface area contributed by atoms with Crippen LogP contribution in [0.2, 0.25) is 0 Å². The monoisotopic (exact) mass is 536 g/mol. The minimum absolute atomic E-state index is 0.0899. The van der Waals surface area contributed by atoms with Gasteiger partial charge in [-0.05, 0) is 61.1 Å². The van der Waals surface area contributed by atoms with Gasteiger partial charge >= 0.3 is 0 Å². The molecule has 3 aromatic rings. The third-order valence-electron chi connectivity index (χ3n) is 8.42. The van der Waals surface area contributed by atoms with Crippen LogP contribution in [0.25, 0.3) is 11.6 Å². The molecule has 8 heteroatoms. The molecule has 8 nitrogen and oxygen atoms in total. The lowest BCUT2D eigenvalue weighted by Gasteiger charge is -2.36. The van der Waals surface area contributed by atoms with Gasteiger partial charge < -0.3 is 20.0 Å². The molecule has 40 heavy (non-hydrogen) atoms. The number of hydrogen-bond acceptors (Lipinski definition) is 6. The molecule has 2 aromatic carbocycles. The van der Waals surface area contributed by atoms with Crippen molar-refractivity contribution < 1.29 is 9.59 Å². The number of anilines is 2. The number of carbonyl (C=O) groups excluding carboxylic acids is 2. The maximum atomic E-state index is 12.8. The van der Waals surface area contributed by atoms with E-state index in [1.807, 2.05) is 46.3 Å². The summed E-state index contributed by atoms with van der Waals surface area (Å²) >= 11 is 0. The third kappa shape index (κ3) is 5.30. The highest BCUT2D eigenvalue weighted by atomic mass is 16.2. The lowest BCUT2D eigenvalue weighted by molar-refractivity contribution is -0.127. The number of aromatic nitrogens is 2. The Hall–Kier alpha value is -4.20. The topological polar surface area (TPSA) is 81.7 Å².